The van der Waals surface area contributed by atoms with E-state index >= 15 is 0 Å². The van der Waals surface area contributed by atoms with Crippen molar-refractivity contribution in [3.63, 3.8) is 0 Å². The van der Waals surface area contributed by atoms with Crippen molar-refractivity contribution in [2.75, 3.05) is 5.32 Å². The summed E-state index contributed by atoms with van der Waals surface area (Å²) >= 11 is 0. The van der Waals surface area contributed by atoms with E-state index in [0.717, 1.165) is 18.5 Å². The molecule has 2 bridgehead atoms. The van der Waals surface area contributed by atoms with Crippen molar-refractivity contribution in [2.24, 2.45) is 5.92 Å². The summed E-state index contributed by atoms with van der Waals surface area (Å²) in [5.41, 5.74) is 1.15. The number of hydrogen-bond acceptors (Lipinski definition) is 3. The number of carbonyl (C=O) groups is 1. The first-order chi connectivity index (χ1) is 9.28. The molecule has 0 radical (unpaired) electrons. The van der Waals surface area contributed by atoms with Crippen molar-refractivity contribution in [1.29, 1.82) is 0 Å². The summed E-state index contributed by atoms with van der Waals surface area (Å²) in [6, 6.07) is 0. The van der Waals surface area contributed by atoms with Crippen LogP contribution in [0, 0.1) is 5.92 Å². The molecule has 3 fully saturated rings. The second kappa shape index (κ2) is 4.34. The molecule has 5 heteroatoms. The Morgan fingerprint density at radius 2 is 2.32 bits per heavy atom. The maximum Gasteiger partial charge on any atom is 0.227 e. The highest BCUT2D eigenvalue weighted by molar-refractivity contribution is 5.89. The molecular weight excluding hydrogens is 242 g/mol. The van der Waals surface area contributed by atoms with Crippen LogP contribution in [0.2, 0.25) is 0 Å². The highest BCUT2D eigenvalue weighted by atomic mass is 16.5. The van der Waals surface area contributed by atoms with E-state index in [1.54, 1.807) is 0 Å². The summed E-state index contributed by atoms with van der Waals surface area (Å²) in [5.74, 6) is 1.68. The largest absolute Gasteiger partial charge is 0.375 e. The van der Waals surface area contributed by atoms with Gasteiger partial charge in [-0.2, -0.15) is 0 Å². The molecular formula is C14H19N3O2. The summed E-state index contributed by atoms with van der Waals surface area (Å²) in [7, 11) is 0. The van der Waals surface area contributed by atoms with Crippen LogP contribution in [0.5, 0.6) is 0 Å². The second-order valence-corrected chi connectivity index (χ2v) is 6.08. The summed E-state index contributed by atoms with van der Waals surface area (Å²) in [5, 5.41) is 2.87. The van der Waals surface area contributed by atoms with E-state index in [2.05, 4.69) is 15.3 Å². The lowest BCUT2D eigenvalue weighted by Gasteiger charge is -2.17. The minimum atomic E-state index is 0.0536. The SMILES string of the molecule is O=C(CC1CC2CCC1O2)Nc1ncc(C2CC2)[nH]1. The number of nitrogens with one attached hydrogen (secondary N) is 2. The molecule has 1 aromatic heterocycles. The molecule has 3 unspecified atom stereocenters. The zero-order valence-electron chi connectivity index (χ0n) is 10.9. The first-order valence-corrected chi connectivity index (χ1v) is 7.28. The molecule has 0 spiro atoms. The second-order valence-electron chi connectivity index (χ2n) is 6.08. The maximum atomic E-state index is 12.0. The summed E-state index contributed by atoms with van der Waals surface area (Å²) in [4.78, 5) is 19.4. The molecule has 1 saturated carbocycles. The smallest absolute Gasteiger partial charge is 0.227 e. The van der Waals surface area contributed by atoms with Crippen molar-refractivity contribution >= 4 is 11.9 Å². The van der Waals surface area contributed by atoms with E-state index < -0.39 is 0 Å². The molecule has 19 heavy (non-hydrogen) atoms. The van der Waals surface area contributed by atoms with Crippen molar-refractivity contribution in [3.05, 3.63) is 11.9 Å². The van der Waals surface area contributed by atoms with Gasteiger partial charge in [0.25, 0.3) is 0 Å². The topological polar surface area (TPSA) is 67.0 Å². The van der Waals surface area contributed by atoms with E-state index in [4.69, 9.17) is 4.74 Å². The molecule has 2 aliphatic heterocycles. The highest BCUT2D eigenvalue weighted by Crippen LogP contribution is 2.41. The van der Waals surface area contributed by atoms with Crippen LogP contribution in [0.25, 0.3) is 0 Å². The van der Waals surface area contributed by atoms with E-state index in [-0.39, 0.29) is 5.91 Å². The van der Waals surface area contributed by atoms with Gasteiger partial charge in [0.05, 0.1) is 18.4 Å². The Labute approximate surface area is 112 Å². The third-order valence-corrected chi connectivity index (χ3v) is 4.55. The Kier molecular flexibility index (Phi) is 2.62. The van der Waals surface area contributed by atoms with Crippen LogP contribution in [0.15, 0.2) is 6.20 Å². The standard InChI is InChI=1S/C14H19N3O2/c18-13(6-9-5-10-3-4-12(9)19-10)17-14-15-7-11(16-14)8-1-2-8/h7-10,12H,1-6H2,(H2,15,16,17,18). The molecule has 1 aromatic rings. The van der Waals surface area contributed by atoms with Gasteiger partial charge in [-0.15, -0.1) is 0 Å². The Morgan fingerprint density at radius 1 is 1.42 bits per heavy atom. The predicted octanol–water partition coefficient (Wildman–Crippen LogP) is 2.18. The van der Waals surface area contributed by atoms with Gasteiger partial charge in [-0.1, -0.05) is 0 Å². The number of aromatic nitrogens is 2. The van der Waals surface area contributed by atoms with Gasteiger partial charge >= 0.3 is 0 Å². The number of amides is 1. The van der Waals surface area contributed by atoms with Crippen molar-refractivity contribution in [1.82, 2.24) is 9.97 Å². The van der Waals surface area contributed by atoms with Crippen LogP contribution in [-0.4, -0.2) is 28.1 Å². The number of fused-ring (bicyclic) bond motifs is 2. The van der Waals surface area contributed by atoms with Crippen LogP contribution in [0.1, 0.15) is 50.1 Å². The predicted molar refractivity (Wildman–Crippen MR) is 69.8 cm³/mol. The highest BCUT2D eigenvalue weighted by Gasteiger charge is 2.41. The minimum Gasteiger partial charge on any atom is -0.375 e. The normalized spacial score (nSPS) is 32.7. The zero-order chi connectivity index (χ0) is 12.8. The number of hydrogen-bond donors (Lipinski definition) is 2. The Balaban J connectivity index is 1.33. The number of aromatic amines is 1. The van der Waals surface area contributed by atoms with E-state index in [1.807, 2.05) is 6.20 Å². The number of rotatable bonds is 4. The molecule has 3 heterocycles. The third kappa shape index (κ3) is 2.27. The number of anilines is 1. The van der Waals surface area contributed by atoms with Gasteiger partial charge in [0.2, 0.25) is 11.9 Å². The molecule has 2 N–H and O–H groups in total. The molecule has 2 saturated heterocycles. The van der Waals surface area contributed by atoms with Crippen molar-refractivity contribution < 1.29 is 9.53 Å². The Hall–Kier alpha value is -1.36. The van der Waals surface area contributed by atoms with E-state index in [9.17, 15) is 4.79 Å². The van der Waals surface area contributed by atoms with Gasteiger partial charge in [-0.05, 0) is 38.0 Å². The van der Waals surface area contributed by atoms with Crippen LogP contribution in [0.3, 0.4) is 0 Å². The van der Waals surface area contributed by atoms with Crippen LogP contribution in [0.4, 0.5) is 5.95 Å². The number of imidazole rings is 1. The van der Waals surface area contributed by atoms with Crippen molar-refractivity contribution in [2.45, 2.75) is 56.7 Å². The fourth-order valence-corrected chi connectivity index (χ4v) is 3.38. The van der Waals surface area contributed by atoms with Gasteiger partial charge in [0.15, 0.2) is 0 Å². The van der Waals surface area contributed by atoms with E-state index in [0.29, 0.717) is 36.4 Å². The van der Waals surface area contributed by atoms with Crippen LogP contribution in [-0.2, 0) is 9.53 Å². The van der Waals surface area contributed by atoms with Gasteiger partial charge in [0.1, 0.15) is 0 Å². The lowest BCUT2D eigenvalue weighted by molar-refractivity contribution is -0.117. The van der Waals surface area contributed by atoms with Gasteiger partial charge in [-0.3, -0.25) is 10.1 Å². The number of nitrogens with zero attached hydrogens (tertiary/aromatic N) is 1. The van der Waals surface area contributed by atoms with Gasteiger partial charge in [0, 0.05) is 18.0 Å². The molecule has 0 aromatic carbocycles. The maximum absolute atomic E-state index is 12.0. The fraction of sp³-hybridized carbons (Fsp3) is 0.714. The van der Waals surface area contributed by atoms with Gasteiger partial charge in [-0.25, -0.2) is 4.98 Å². The fourth-order valence-electron chi connectivity index (χ4n) is 3.38. The molecule has 4 rings (SSSR count). The molecule has 3 atom stereocenters. The lowest BCUT2D eigenvalue weighted by Crippen LogP contribution is -2.23. The molecule has 3 aliphatic rings. The summed E-state index contributed by atoms with van der Waals surface area (Å²) in [6.45, 7) is 0. The first kappa shape index (κ1) is 11.5. The summed E-state index contributed by atoms with van der Waals surface area (Å²) < 4.78 is 5.78. The Morgan fingerprint density at radius 3 is 3.00 bits per heavy atom. The average molecular weight is 261 g/mol. The van der Waals surface area contributed by atoms with Crippen molar-refractivity contribution in [3.8, 4) is 0 Å². The first-order valence-electron chi connectivity index (χ1n) is 7.28. The van der Waals surface area contributed by atoms with Gasteiger partial charge < -0.3 is 9.72 Å². The average Bonchev–Trinajstić information content (AvgIpc) is 2.83. The van der Waals surface area contributed by atoms with Crippen LogP contribution < -0.4 is 5.32 Å². The number of H-pyrrole nitrogens is 1. The minimum absolute atomic E-state index is 0.0536. The Bertz CT molecular complexity index is 495. The number of ether oxygens (including phenoxy) is 1. The molecule has 1 aliphatic carbocycles. The monoisotopic (exact) mass is 261 g/mol. The molecule has 5 nitrogen and oxygen atoms in total. The quantitative estimate of drug-likeness (QED) is 0.873. The number of carbonyl (C=O) groups excluding carboxylic acids is 1. The zero-order valence-corrected chi connectivity index (χ0v) is 10.9. The van der Waals surface area contributed by atoms with E-state index in [1.165, 1.54) is 19.3 Å². The molecule has 1 amide bonds. The molecule has 102 valence electrons. The van der Waals surface area contributed by atoms with Crippen LogP contribution >= 0.6 is 0 Å². The summed E-state index contributed by atoms with van der Waals surface area (Å²) in [6.07, 6.45) is 8.93. The lowest BCUT2D eigenvalue weighted by atomic mass is 9.87. The third-order valence-electron chi connectivity index (χ3n) is 4.55.